The molecule has 0 saturated carbocycles. The second kappa shape index (κ2) is 7.68. The summed E-state index contributed by atoms with van der Waals surface area (Å²) >= 11 is 0. The summed E-state index contributed by atoms with van der Waals surface area (Å²) < 4.78 is 16.9. The minimum absolute atomic E-state index is 0.652. The van der Waals surface area contributed by atoms with Crippen LogP contribution >= 0.6 is 0 Å². The molecule has 0 unspecified atom stereocenters. The van der Waals surface area contributed by atoms with E-state index in [1.165, 1.54) is 5.56 Å². The van der Waals surface area contributed by atoms with Crippen molar-refractivity contribution in [2.24, 2.45) is 5.92 Å². The van der Waals surface area contributed by atoms with Gasteiger partial charge >= 0.3 is 0 Å². The summed E-state index contributed by atoms with van der Waals surface area (Å²) in [4.78, 5) is 0. The van der Waals surface area contributed by atoms with Crippen LogP contribution in [0.2, 0.25) is 0 Å². The third kappa shape index (κ3) is 4.64. The molecule has 4 heteroatoms. The molecule has 1 N–H and O–H groups in total. The van der Waals surface area contributed by atoms with Gasteiger partial charge in [0.05, 0.1) is 19.8 Å². The van der Waals surface area contributed by atoms with E-state index in [1.54, 1.807) is 0 Å². The molecule has 0 amide bonds. The summed E-state index contributed by atoms with van der Waals surface area (Å²) in [5.41, 5.74) is 1.17. The minimum atomic E-state index is 0.652. The lowest BCUT2D eigenvalue weighted by Crippen LogP contribution is -2.20. The molecule has 2 rings (SSSR count). The van der Waals surface area contributed by atoms with Gasteiger partial charge in [0, 0.05) is 18.8 Å². The van der Waals surface area contributed by atoms with Crippen molar-refractivity contribution in [3.8, 4) is 0 Å². The monoisotopic (exact) mass is 267 g/mol. The molecule has 0 aromatic carbocycles. The predicted molar refractivity (Wildman–Crippen MR) is 74.0 cm³/mol. The van der Waals surface area contributed by atoms with Crippen LogP contribution < -0.4 is 5.32 Å². The van der Waals surface area contributed by atoms with Crippen molar-refractivity contribution >= 4 is 0 Å². The summed E-state index contributed by atoms with van der Waals surface area (Å²) in [6.45, 7) is 9.08. The van der Waals surface area contributed by atoms with Crippen molar-refractivity contribution in [1.29, 1.82) is 0 Å². The van der Waals surface area contributed by atoms with E-state index in [0.29, 0.717) is 12.5 Å². The van der Waals surface area contributed by atoms with Gasteiger partial charge in [-0.15, -0.1) is 0 Å². The maximum absolute atomic E-state index is 5.82. The maximum Gasteiger partial charge on any atom is 0.118 e. The van der Waals surface area contributed by atoms with E-state index < -0.39 is 0 Å². The second-order valence-electron chi connectivity index (χ2n) is 5.15. The van der Waals surface area contributed by atoms with Gasteiger partial charge in [-0.1, -0.05) is 6.92 Å². The van der Waals surface area contributed by atoms with Gasteiger partial charge in [-0.25, -0.2) is 0 Å². The zero-order valence-corrected chi connectivity index (χ0v) is 12.0. The Balaban J connectivity index is 1.73. The molecule has 19 heavy (non-hydrogen) atoms. The molecule has 0 bridgehead atoms. The topological polar surface area (TPSA) is 43.6 Å². The normalized spacial score (nSPS) is 16.9. The summed E-state index contributed by atoms with van der Waals surface area (Å²) in [6.07, 6.45) is 2.24. The van der Waals surface area contributed by atoms with Gasteiger partial charge in [0.2, 0.25) is 0 Å². The Morgan fingerprint density at radius 1 is 1.37 bits per heavy atom. The number of hydrogen-bond donors (Lipinski definition) is 1. The molecule has 2 heterocycles. The smallest absolute Gasteiger partial charge is 0.118 e. The van der Waals surface area contributed by atoms with Crippen LogP contribution in [0.15, 0.2) is 10.5 Å². The Morgan fingerprint density at radius 2 is 2.16 bits per heavy atom. The number of furan rings is 1. The van der Waals surface area contributed by atoms with Gasteiger partial charge < -0.3 is 19.2 Å². The van der Waals surface area contributed by atoms with Crippen molar-refractivity contribution in [3.05, 3.63) is 23.2 Å². The van der Waals surface area contributed by atoms with Crippen LogP contribution in [-0.4, -0.2) is 26.4 Å². The van der Waals surface area contributed by atoms with Crippen LogP contribution in [0.25, 0.3) is 0 Å². The average Bonchev–Trinajstić information content (AvgIpc) is 2.78. The highest BCUT2D eigenvalue weighted by molar-refractivity contribution is 5.19. The fourth-order valence-electron chi connectivity index (χ4n) is 2.31. The second-order valence-corrected chi connectivity index (χ2v) is 5.15. The molecule has 1 aromatic rings. The van der Waals surface area contributed by atoms with E-state index in [1.807, 2.05) is 6.92 Å². The molecule has 1 aromatic heterocycles. The summed E-state index contributed by atoms with van der Waals surface area (Å²) in [7, 11) is 0. The maximum atomic E-state index is 5.82. The van der Waals surface area contributed by atoms with Crippen LogP contribution in [0, 0.1) is 12.8 Å². The number of nitrogens with one attached hydrogen (secondary N) is 1. The Morgan fingerprint density at radius 3 is 2.89 bits per heavy atom. The van der Waals surface area contributed by atoms with Crippen LogP contribution in [0.5, 0.6) is 0 Å². The van der Waals surface area contributed by atoms with Gasteiger partial charge in [0.1, 0.15) is 11.5 Å². The van der Waals surface area contributed by atoms with Crippen molar-refractivity contribution < 1.29 is 13.9 Å². The number of hydrogen-bond acceptors (Lipinski definition) is 4. The highest BCUT2D eigenvalue weighted by Crippen LogP contribution is 2.18. The van der Waals surface area contributed by atoms with E-state index in [2.05, 4.69) is 18.3 Å². The van der Waals surface area contributed by atoms with Gasteiger partial charge in [-0.05, 0) is 38.3 Å². The van der Waals surface area contributed by atoms with Crippen LogP contribution in [0.3, 0.4) is 0 Å². The lowest BCUT2D eigenvalue weighted by atomic mass is 10.0. The Bertz CT molecular complexity index is 369. The standard InChI is InChI=1S/C15H25NO3/c1-3-16-9-15-8-14(12(2)19-15)11-18-10-13-4-6-17-7-5-13/h8,13,16H,3-7,9-11H2,1-2H3. The first-order valence-corrected chi connectivity index (χ1v) is 7.24. The summed E-state index contributed by atoms with van der Waals surface area (Å²) in [6, 6.07) is 2.10. The van der Waals surface area contributed by atoms with Crippen molar-refractivity contribution in [2.75, 3.05) is 26.4 Å². The Labute approximate surface area is 115 Å². The number of rotatable bonds is 7. The molecule has 0 radical (unpaired) electrons. The average molecular weight is 267 g/mol. The number of aryl methyl sites for hydroxylation is 1. The Kier molecular flexibility index (Phi) is 5.89. The highest BCUT2D eigenvalue weighted by Gasteiger charge is 2.14. The molecule has 4 nitrogen and oxygen atoms in total. The van der Waals surface area contributed by atoms with Crippen molar-refractivity contribution in [3.63, 3.8) is 0 Å². The van der Waals surface area contributed by atoms with Crippen LogP contribution in [0.4, 0.5) is 0 Å². The van der Waals surface area contributed by atoms with Gasteiger partial charge in [0.25, 0.3) is 0 Å². The largest absolute Gasteiger partial charge is 0.465 e. The summed E-state index contributed by atoms with van der Waals surface area (Å²) in [5, 5.41) is 3.26. The number of ether oxygens (including phenoxy) is 2. The SMILES string of the molecule is CCNCc1cc(COCC2CCOCC2)c(C)o1. The van der Waals surface area contributed by atoms with Crippen LogP contribution in [-0.2, 0) is 22.6 Å². The predicted octanol–water partition coefficient (Wildman–Crippen LogP) is 2.64. The zero-order valence-electron chi connectivity index (χ0n) is 12.0. The van der Waals surface area contributed by atoms with E-state index in [9.17, 15) is 0 Å². The molecule has 1 fully saturated rings. The first-order chi connectivity index (χ1) is 9.29. The quantitative estimate of drug-likeness (QED) is 0.825. The third-order valence-corrected chi connectivity index (χ3v) is 3.57. The molecule has 0 spiro atoms. The van der Waals surface area contributed by atoms with E-state index in [-0.39, 0.29) is 0 Å². The summed E-state index contributed by atoms with van der Waals surface area (Å²) in [5.74, 6) is 2.62. The first kappa shape index (κ1) is 14.6. The van der Waals surface area contributed by atoms with Crippen LogP contribution in [0.1, 0.15) is 36.8 Å². The molecular weight excluding hydrogens is 242 g/mol. The molecule has 108 valence electrons. The third-order valence-electron chi connectivity index (χ3n) is 3.57. The molecule has 0 atom stereocenters. The first-order valence-electron chi connectivity index (χ1n) is 7.24. The van der Waals surface area contributed by atoms with Crippen molar-refractivity contribution in [1.82, 2.24) is 5.32 Å². The van der Waals surface area contributed by atoms with Gasteiger partial charge in [-0.3, -0.25) is 0 Å². The zero-order chi connectivity index (χ0) is 13.5. The molecule has 1 aliphatic heterocycles. The van der Waals surface area contributed by atoms with Gasteiger partial charge in [0.15, 0.2) is 0 Å². The molecule has 1 aliphatic rings. The molecular formula is C15H25NO3. The molecule has 1 saturated heterocycles. The molecule has 0 aliphatic carbocycles. The fraction of sp³-hybridized carbons (Fsp3) is 0.733. The Hall–Kier alpha value is -0.840. The minimum Gasteiger partial charge on any atom is -0.465 e. The lowest BCUT2D eigenvalue weighted by Gasteiger charge is -2.21. The lowest BCUT2D eigenvalue weighted by molar-refractivity contribution is 0.0155. The van der Waals surface area contributed by atoms with Crippen molar-refractivity contribution in [2.45, 2.75) is 39.8 Å². The van der Waals surface area contributed by atoms with E-state index >= 15 is 0 Å². The fourth-order valence-corrected chi connectivity index (χ4v) is 2.31. The van der Waals surface area contributed by atoms with E-state index in [4.69, 9.17) is 13.9 Å². The van der Waals surface area contributed by atoms with E-state index in [0.717, 1.165) is 57.3 Å². The highest BCUT2D eigenvalue weighted by atomic mass is 16.5. The van der Waals surface area contributed by atoms with Gasteiger partial charge in [-0.2, -0.15) is 0 Å².